The zero-order chi connectivity index (χ0) is 27.9. The van der Waals surface area contributed by atoms with Crippen LogP contribution in [-0.4, -0.2) is 50.5 Å². The predicted octanol–water partition coefficient (Wildman–Crippen LogP) is 4.50. The van der Waals surface area contributed by atoms with Crippen molar-refractivity contribution in [3.05, 3.63) is 100 Å². The molecular formula is C29H34ClN3O4S. The van der Waals surface area contributed by atoms with E-state index in [0.717, 1.165) is 27.3 Å². The Kier molecular flexibility index (Phi) is 9.94. The number of nitrogens with zero attached hydrogens (tertiary/aromatic N) is 2. The molecule has 0 spiro atoms. The third kappa shape index (κ3) is 7.36. The van der Waals surface area contributed by atoms with Crippen molar-refractivity contribution in [2.24, 2.45) is 0 Å². The quantitative estimate of drug-likeness (QED) is 0.377. The van der Waals surface area contributed by atoms with E-state index < -0.39 is 28.5 Å². The third-order valence-corrected chi connectivity index (χ3v) is 7.94. The lowest BCUT2D eigenvalue weighted by atomic mass is 10.0. The van der Waals surface area contributed by atoms with Crippen LogP contribution in [0.25, 0.3) is 0 Å². The number of hydrogen-bond acceptors (Lipinski definition) is 4. The van der Waals surface area contributed by atoms with Crippen molar-refractivity contribution in [1.82, 2.24) is 10.2 Å². The molecule has 1 N–H and O–H groups in total. The van der Waals surface area contributed by atoms with Gasteiger partial charge in [0.1, 0.15) is 12.6 Å². The van der Waals surface area contributed by atoms with E-state index in [9.17, 15) is 18.0 Å². The Morgan fingerprint density at radius 2 is 1.61 bits per heavy atom. The number of amides is 2. The summed E-state index contributed by atoms with van der Waals surface area (Å²) in [5.41, 5.74) is 3.61. The molecule has 0 heterocycles. The molecule has 0 saturated heterocycles. The van der Waals surface area contributed by atoms with Crippen LogP contribution in [0.2, 0.25) is 5.02 Å². The first-order valence-electron chi connectivity index (χ1n) is 12.4. The molecule has 0 aromatic heterocycles. The standard InChI is InChI=1S/C29H34ClN3O4S/c1-5-31-29(35)27(18-23-13-7-6-8-14-23)32(19-24-15-9-10-16-25(24)30)28(34)20-33(38(4,36)37)26-17-11-12-21(2)22(26)3/h6-17,27H,5,18-20H2,1-4H3,(H,31,35). The van der Waals surface area contributed by atoms with Gasteiger partial charge < -0.3 is 10.2 Å². The smallest absolute Gasteiger partial charge is 0.244 e. The minimum atomic E-state index is -3.82. The summed E-state index contributed by atoms with van der Waals surface area (Å²) < 4.78 is 26.9. The van der Waals surface area contributed by atoms with E-state index in [1.165, 1.54) is 4.90 Å². The molecule has 9 heteroatoms. The summed E-state index contributed by atoms with van der Waals surface area (Å²) in [6.45, 7) is 5.48. The predicted molar refractivity (Wildman–Crippen MR) is 153 cm³/mol. The van der Waals surface area contributed by atoms with Gasteiger partial charge in [0.25, 0.3) is 0 Å². The van der Waals surface area contributed by atoms with E-state index >= 15 is 0 Å². The van der Waals surface area contributed by atoms with Crippen molar-refractivity contribution in [2.75, 3.05) is 23.7 Å². The molecule has 0 aliphatic rings. The molecule has 2 amide bonds. The number of nitrogens with one attached hydrogen (secondary N) is 1. The lowest BCUT2D eigenvalue weighted by molar-refractivity contribution is -0.140. The second-order valence-corrected chi connectivity index (χ2v) is 11.5. The molecule has 0 radical (unpaired) electrons. The minimum absolute atomic E-state index is 0.0392. The van der Waals surface area contributed by atoms with Gasteiger partial charge in [-0.15, -0.1) is 0 Å². The number of sulfonamides is 1. The van der Waals surface area contributed by atoms with Crippen molar-refractivity contribution in [3.63, 3.8) is 0 Å². The van der Waals surface area contributed by atoms with Crippen LogP contribution in [0.5, 0.6) is 0 Å². The van der Waals surface area contributed by atoms with Crippen LogP contribution in [0.4, 0.5) is 5.69 Å². The second-order valence-electron chi connectivity index (χ2n) is 9.20. The lowest BCUT2D eigenvalue weighted by Gasteiger charge is -2.34. The van der Waals surface area contributed by atoms with Gasteiger partial charge in [0, 0.05) is 24.5 Å². The number of carbonyl (C=O) groups excluding carboxylic acids is 2. The number of halogens is 1. The number of aryl methyl sites for hydroxylation is 1. The van der Waals surface area contributed by atoms with Gasteiger partial charge >= 0.3 is 0 Å². The van der Waals surface area contributed by atoms with Crippen LogP contribution < -0.4 is 9.62 Å². The van der Waals surface area contributed by atoms with Crippen molar-refractivity contribution in [3.8, 4) is 0 Å². The number of rotatable bonds is 11. The van der Waals surface area contributed by atoms with Gasteiger partial charge in [0.15, 0.2) is 0 Å². The molecule has 0 fully saturated rings. The summed E-state index contributed by atoms with van der Waals surface area (Å²) in [5.74, 6) is -0.835. The Balaban J connectivity index is 2.08. The zero-order valence-corrected chi connectivity index (χ0v) is 23.7. The maximum absolute atomic E-state index is 14.0. The van der Waals surface area contributed by atoms with Crippen LogP contribution in [0.3, 0.4) is 0 Å². The van der Waals surface area contributed by atoms with E-state index in [1.807, 2.05) is 57.2 Å². The fourth-order valence-electron chi connectivity index (χ4n) is 4.26. The third-order valence-electron chi connectivity index (χ3n) is 6.44. The fourth-order valence-corrected chi connectivity index (χ4v) is 5.35. The van der Waals surface area contributed by atoms with Gasteiger partial charge in [0.05, 0.1) is 11.9 Å². The minimum Gasteiger partial charge on any atom is -0.355 e. The molecule has 38 heavy (non-hydrogen) atoms. The van der Waals surface area contributed by atoms with Crippen molar-refractivity contribution >= 4 is 39.1 Å². The molecule has 1 atom stereocenters. The lowest BCUT2D eigenvalue weighted by Crippen LogP contribution is -2.53. The maximum atomic E-state index is 14.0. The highest BCUT2D eigenvalue weighted by molar-refractivity contribution is 7.92. The molecule has 3 rings (SSSR count). The molecular weight excluding hydrogens is 522 g/mol. The monoisotopic (exact) mass is 555 g/mol. The highest BCUT2D eigenvalue weighted by atomic mass is 35.5. The van der Waals surface area contributed by atoms with Crippen molar-refractivity contribution < 1.29 is 18.0 Å². The molecule has 0 aliphatic carbocycles. The number of anilines is 1. The van der Waals surface area contributed by atoms with Crippen LogP contribution >= 0.6 is 11.6 Å². The topological polar surface area (TPSA) is 86.8 Å². The summed E-state index contributed by atoms with van der Waals surface area (Å²) in [6.07, 6.45) is 1.33. The van der Waals surface area contributed by atoms with Crippen LogP contribution in [0.15, 0.2) is 72.8 Å². The Hall–Kier alpha value is -3.36. The molecule has 0 aliphatic heterocycles. The molecule has 3 aromatic carbocycles. The average molecular weight is 556 g/mol. The Labute approximate surface area is 230 Å². The first-order chi connectivity index (χ1) is 18.0. The SMILES string of the molecule is CCNC(=O)C(Cc1ccccc1)N(Cc1ccccc1Cl)C(=O)CN(c1cccc(C)c1C)S(C)(=O)=O. The fraction of sp³-hybridized carbons (Fsp3) is 0.310. The van der Waals surface area contributed by atoms with Gasteiger partial charge in [-0.05, 0) is 55.2 Å². The Morgan fingerprint density at radius 3 is 2.24 bits per heavy atom. The number of carbonyl (C=O) groups is 2. The summed E-state index contributed by atoms with van der Waals surface area (Å²) >= 11 is 6.45. The Morgan fingerprint density at radius 1 is 0.947 bits per heavy atom. The molecule has 0 saturated carbocycles. The van der Waals surface area contributed by atoms with Crippen molar-refractivity contribution in [2.45, 2.75) is 39.8 Å². The second kappa shape index (κ2) is 12.9. The summed E-state index contributed by atoms with van der Waals surface area (Å²) in [7, 11) is -3.82. The Bertz CT molecular complexity index is 1380. The first kappa shape index (κ1) is 29.2. The summed E-state index contributed by atoms with van der Waals surface area (Å²) in [6, 6.07) is 20.9. The molecule has 202 valence electrons. The molecule has 0 bridgehead atoms. The van der Waals surface area contributed by atoms with E-state index in [4.69, 9.17) is 11.6 Å². The van der Waals surface area contributed by atoms with Gasteiger partial charge in [-0.2, -0.15) is 0 Å². The van der Waals surface area contributed by atoms with Crippen LogP contribution in [0, 0.1) is 13.8 Å². The van der Waals surface area contributed by atoms with Gasteiger partial charge in [0.2, 0.25) is 21.8 Å². The number of hydrogen-bond donors (Lipinski definition) is 1. The summed E-state index contributed by atoms with van der Waals surface area (Å²) in [4.78, 5) is 28.8. The zero-order valence-electron chi connectivity index (χ0n) is 22.1. The molecule has 1 unspecified atom stereocenters. The average Bonchev–Trinajstić information content (AvgIpc) is 2.87. The van der Waals surface area contributed by atoms with Gasteiger partial charge in [-0.1, -0.05) is 72.3 Å². The van der Waals surface area contributed by atoms with Crippen molar-refractivity contribution in [1.29, 1.82) is 0 Å². The van der Waals surface area contributed by atoms with E-state index in [0.29, 0.717) is 22.8 Å². The highest BCUT2D eigenvalue weighted by Crippen LogP contribution is 2.26. The summed E-state index contributed by atoms with van der Waals surface area (Å²) in [5, 5.41) is 3.29. The van der Waals surface area contributed by atoms with Gasteiger partial charge in [-0.3, -0.25) is 13.9 Å². The van der Waals surface area contributed by atoms with Crippen LogP contribution in [-0.2, 0) is 32.6 Å². The molecule has 3 aromatic rings. The first-order valence-corrected chi connectivity index (χ1v) is 14.6. The highest BCUT2D eigenvalue weighted by Gasteiger charge is 2.33. The maximum Gasteiger partial charge on any atom is 0.244 e. The van der Waals surface area contributed by atoms with E-state index in [2.05, 4.69) is 5.32 Å². The number of benzene rings is 3. The molecule has 7 nitrogen and oxygen atoms in total. The van der Waals surface area contributed by atoms with E-state index in [-0.39, 0.29) is 18.9 Å². The van der Waals surface area contributed by atoms with Gasteiger partial charge in [-0.25, -0.2) is 8.42 Å². The van der Waals surface area contributed by atoms with Crippen LogP contribution in [0.1, 0.15) is 29.2 Å². The van der Waals surface area contributed by atoms with E-state index in [1.54, 1.807) is 36.4 Å². The number of likely N-dealkylation sites (N-methyl/N-ethyl adjacent to an activating group) is 1. The largest absolute Gasteiger partial charge is 0.355 e. The normalized spacial score (nSPS) is 12.0.